The van der Waals surface area contributed by atoms with Crippen molar-refractivity contribution in [3.05, 3.63) is 130 Å². The van der Waals surface area contributed by atoms with E-state index in [1.807, 2.05) is 0 Å². The monoisotopic (exact) mass is 468 g/mol. The molecule has 0 aliphatic heterocycles. The zero-order valence-electron chi connectivity index (χ0n) is 21.2. The van der Waals surface area contributed by atoms with Gasteiger partial charge in [0, 0.05) is 0 Å². The van der Waals surface area contributed by atoms with E-state index < -0.39 is 8.07 Å². The molecule has 0 atom stereocenters. The van der Waals surface area contributed by atoms with E-state index in [0.717, 1.165) is 12.8 Å². The van der Waals surface area contributed by atoms with Crippen LogP contribution in [0, 0.1) is 0 Å². The minimum Gasteiger partial charge on any atom is -0.0622 e. The zero-order chi connectivity index (χ0) is 24.2. The number of benzene rings is 4. The predicted molar refractivity (Wildman–Crippen MR) is 155 cm³/mol. The molecule has 0 saturated carbocycles. The molecule has 0 spiro atoms. The fourth-order valence-corrected chi connectivity index (χ4v) is 9.69. The summed E-state index contributed by atoms with van der Waals surface area (Å²) in [6.07, 6.45) is 2.07. The standard InChI is InChI=1S/C34H32Si/c1-23-29(25-13-7-5-8-14-25)21-27-17-11-19-31(33(23)27)35(3,4)32-20-12-18-28-22-30(24(2)34(28)32)26-15-9-6-10-16-26/h5-20H,21-22H2,1-4H3. The second-order valence-corrected chi connectivity index (χ2v) is 14.9. The third-order valence-electron chi connectivity index (χ3n) is 8.28. The molecule has 0 aromatic heterocycles. The lowest BCUT2D eigenvalue weighted by atomic mass is 10.0. The molecule has 0 radical (unpaired) electrons. The molecular weight excluding hydrogens is 436 g/mol. The van der Waals surface area contributed by atoms with Crippen molar-refractivity contribution in [2.24, 2.45) is 0 Å². The fourth-order valence-electron chi connectivity index (χ4n) is 6.43. The average Bonchev–Trinajstić information content (AvgIpc) is 3.42. The molecular formula is C34H32Si. The summed E-state index contributed by atoms with van der Waals surface area (Å²) in [6, 6.07) is 36.0. The summed E-state index contributed by atoms with van der Waals surface area (Å²) < 4.78 is 0. The fraction of sp³-hybridized carbons (Fsp3) is 0.176. The summed E-state index contributed by atoms with van der Waals surface area (Å²) in [5.74, 6) is 0. The molecule has 0 heterocycles. The van der Waals surface area contributed by atoms with Crippen LogP contribution in [0.25, 0.3) is 22.3 Å². The van der Waals surface area contributed by atoms with Gasteiger partial charge in [-0.3, -0.25) is 0 Å². The van der Waals surface area contributed by atoms with Gasteiger partial charge in [0.15, 0.2) is 0 Å². The molecule has 35 heavy (non-hydrogen) atoms. The lowest BCUT2D eigenvalue weighted by Gasteiger charge is -2.29. The number of fused-ring (bicyclic) bond motifs is 2. The van der Waals surface area contributed by atoms with E-state index in [1.165, 1.54) is 55.7 Å². The molecule has 0 bridgehead atoms. The van der Waals surface area contributed by atoms with E-state index in [9.17, 15) is 0 Å². The van der Waals surface area contributed by atoms with Crippen LogP contribution in [0.15, 0.2) is 97.1 Å². The summed E-state index contributed by atoms with van der Waals surface area (Å²) in [7, 11) is -1.98. The second kappa shape index (κ2) is 8.36. The van der Waals surface area contributed by atoms with Crippen LogP contribution >= 0.6 is 0 Å². The maximum absolute atomic E-state index is 2.56. The van der Waals surface area contributed by atoms with Gasteiger partial charge in [0.2, 0.25) is 0 Å². The molecule has 0 unspecified atom stereocenters. The first kappa shape index (κ1) is 22.1. The van der Waals surface area contributed by atoms with Crippen LogP contribution in [0.4, 0.5) is 0 Å². The van der Waals surface area contributed by atoms with Gasteiger partial charge in [-0.05, 0) is 92.7 Å². The highest BCUT2D eigenvalue weighted by molar-refractivity contribution is 7.01. The van der Waals surface area contributed by atoms with Crippen molar-refractivity contribution >= 4 is 40.7 Å². The Hall–Kier alpha value is -3.42. The Morgan fingerprint density at radius 3 is 1.29 bits per heavy atom. The van der Waals surface area contributed by atoms with E-state index in [4.69, 9.17) is 0 Å². The highest BCUT2D eigenvalue weighted by atomic mass is 28.3. The van der Waals surface area contributed by atoms with Gasteiger partial charge in [0.05, 0.1) is 0 Å². The minimum absolute atomic E-state index is 1.04. The normalized spacial score (nSPS) is 15.0. The van der Waals surface area contributed by atoms with Crippen molar-refractivity contribution in [3.8, 4) is 0 Å². The number of allylic oxidation sites excluding steroid dienone is 4. The Balaban J connectivity index is 1.50. The highest BCUT2D eigenvalue weighted by Crippen LogP contribution is 2.40. The third kappa shape index (κ3) is 3.49. The Labute approximate surface area is 210 Å². The first-order valence-electron chi connectivity index (χ1n) is 12.7. The van der Waals surface area contributed by atoms with Crippen molar-refractivity contribution in [1.82, 2.24) is 0 Å². The molecule has 0 nitrogen and oxygen atoms in total. The molecule has 4 aromatic carbocycles. The van der Waals surface area contributed by atoms with Crippen LogP contribution in [-0.2, 0) is 12.8 Å². The largest absolute Gasteiger partial charge is 0.113 e. The van der Waals surface area contributed by atoms with Crippen molar-refractivity contribution < 1.29 is 0 Å². The van der Waals surface area contributed by atoms with E-state index >= 15 is 0 Å². The second-order valence-electron chi connectivity index (χ2n) is 10.6. The van der Waals surface area contributed by atoms with Gasteiger partial charge in [0.1, 0.15) is 8.07 Å². The lowest BCUT2D eigenvalue weighted by Crippen LogP contribution is -2.55. The van der Waals surface area contributed by atoms with Crippen molar-refractivity contribution in [2.45, 2.75) is 39.8 Å². The molecule has 0 fully saturated rings. The van der Waals surface area contributed by atoms with Gasteiger partial charge >= 0.3 is 0 Å². The topological polar surface area (TPSA) is 0 Å². The van der Waals surface area contributed by atoms with Gasteiger partial charge in [-0.2, -0.15) is 0 Å². The Kier molecular flexibility index (Phi) is 5.27. The minimum atomic E-state index is -1.98. The number of hydrogen-bond acceptors (Lipinski definition) is 0. The summed E-state index contributed by atoms with van der Waals surface area (Å²) in [4.78, 5) is 0. The number of rotatable bonds is 4. The van der Waals surface area contributed by atoms with Crippen molar-refractivity contribution in [1.29, 1.82) is 0 Å². The van der Waals surface area contributed by atoms with Crippen LogP contribution in [0.3, 0.4) is 0 Å². The summed E-state index contributed by atoms with van der Waals surface area (Å²) in [5, 5.41) is 3.15. The quantitative estimate of drug-likeness (QED) is 0.272. The van der Waals surface area contributed by atoms with Crippen molar-refractivity contribution in [2.75, 3.05) is 0 Å². The first-order chi connectivity index (χ1) is 17.0. The summed E-state index contributed by atoms with van der Waals surface area (Å²) in [6.45, 7) is 9.80. The Morgan fingerprint density at radius 1 is 0.486 bits per heavy atom. The molecule has 0 N–H and O–H groups in total. The van der Waals surface area contributed by atoms with Crippen LogP contribution in [0.5, 0.6) is 0 Å². The van der Waals surface area contributed by atoms with E-state index in [1.54, 1.807) is 10.4 Å². The summed E-state index contributed by atoms with van der Waals surface area (Å²) in [5.41, 5.74) is 14.6. The van der Waals surface area contributed by atoms with Gasteiger partial charge in [-0.25, -0.2) is 0 Å². The van der Waals surface area contributed by atoms with Crippen LogP contribution in [-0.4, -0.2) is 8.07 Å². The SMILES string of the molecule is CC1=C(c2ccccc2)Cc2cccc([Si](C)(C)c3cccc4c3C(C)=C(c3ccccc3)C4)c21. The molecule has 6 rings (SSSR count). The van der Waals surface area contributed by atoms with Crippen LogP contribution < -0.4 is 10.4 Å². The predicted octanol–water partition coefficient (Wildman–Crippen LogP) is 7.48. The highest BCUT2D eigenvalue weighted by Gasteiger charge is 2.36. The lowest BCUT2D eigenvalue weighted by molar-refractivity contribution is 1.32. The molecule has 1 heteroatoms. The number of hydrogen-bond donors (Lipinski definition) is 0. The maximum atomic E-state index is 2.56. The Bertz CT molecular complexity index is 1390. The van der Waals surface area contributed by atoms with E-state index in [2.05, 4.69) is 124 Å². The van der Waals surface area contributed by atoms with Crippen molar-refractivity contribution in [3.63, 3.8) is 0 Å². The maximum Gasteiger partial charge on any atom is 0.113 e. The third-order valence-corrected chi connectivity index (χ3v) is 11.8. The van der Waals surface area contributed by atoms with Gasteiger partial charge < -0.3 is 0 Å². The smallest absolute Gasteiger partial charge is 0.0622 e. The molecule has 4 aromatic rings. The van der Waals surface area contributed by atoms with E-state index in [0.29, 0.717) is 0 Å². The first-order valence-corrected chi connectivity index (χ1v) is 15.7. The van der Waals surface area contributed by atoms with E-state index in [-0.39, 0.29) is 0 Å². The zero-order valence-corrected chi connectivity index (χ0v) is 22.2. The molecule has 0 saturated heterocycles. The van der Waals surface area contributed by atoms with Gasteiger partial charge in [-0.1, -0.05) is 110 Å². The average molecular weight is 469 g/mol. The molecule has 2 aliphatic carbocycles. The molecule has 172 valence electrons. The van der Waals surface area contributed by atoms with Crippen LogP contribution in [0.2, 0.25) is 13.1 Å². The Morgan fingerprint density at radius 2 is 0.886 bits per heavy atom. The summed E-state index contributed by atoms with van der Waals surface area (Å²) >= 11 is 0. The van der Waals surface area contributed by atoms with Gasteiger partial charge in [-0.15, -0.1) is 0 Å². The van der Waals surface area contributed by atoms with Crippen LogP contribution in [0.1, 0.15) is 47.2 Å². The molecule has 2 aliphatic rings. The van der Waals surface area contributed by atoms with Gasteiger partial charge in [0.25, 0.3) is 0 Å². The molecule has 0 amide bonds.